The van der Waals surface area contributed by atoms with Crippen LogP contribution in [-0.4, -0.2) is 50.1 Å². The topological polar surface area (TPSA) is 102 Å². The Morgan fingerprint density at radius 3 is 2.83 bits per heavy atom. The molecule has 0 bridgehead atoms. The zero-order valence-corrected chi connectivity index (χ0v) is 16.1. The van der Waals surface area contributed by atoms with E-state index in [-0.39, 0.29) is 24.1 Å². The number of carbonyl (C=O) groups excluding carboxylic acids is 2. The molecule has 148 valence electrons. The first-order chi connectivity index (χ1) is 14.1. The van der Waals surface area contributed by atoms with Crippen LogP contribution < -0.4 is 10.1 Å². The van der Waals surface area contributed by atoms with Crippen molar-refractivity contribution in [2.75, 3.05) is 19.0 Å². The number of nitrogens with one attached hydrogen (secondary N) is 1. The van der Waals surface area contributed by atoms with Crippen molar-refractivity contribution in [3.05, 3.63) is 66.0 Å². The van der Waals surface area contributed by atoms with Gasteiger partial charge in [0.1, 0.15) is 17.4 Å². The molecule has 2 amide bonds. The van der Waals surface area contributed by atoms with Gasteiger partial charge >= 0.3 is 0 Å². The lowest BCUT2D eigenvalue weighted by Gasteiger charge is -2.31. The predicted octanol–water partition coefficient (Wildman–Crippen LogP) is 1.60. The van der Waals surface area contributed by atoms with Crippen molar-refractivity contribution in [2.45, 2.75) is 12.5 Å². The van der Waals surface area contributed by atoms with E-state index in [1.807, 2.05) is 18.3 Å². The van der Waals surface area contributed by atoms with Gasteiger partial charge in [-0.3, -0.25) is 19.3 Å². The van der Waals surface area contributed by atoms with Crippen LogP contribution in [0.3, 0.4) is 0 Å². The van der Waals surface area contributed by atoms with Crippen LogP contribution in [0.2, 0.25) is 0 Å². The van der Waals surface area contributed by atoms with Gasteiger partial charge in [0.2, 0.25) is 5.91 Å². The average molecular weight is 392 g/mol. The molecule has 4 rings (SSSR count). The number of ether oxygens (including phenoxy) is 1. The highest BCUT2D eigenvalue weighted by Crippen LogP contribution is 2.30. The van der Waals surface area contributed by atoms with Gasteiger partial charge in [0, 0.05) is 44.3 Å². The molecule has 0 spiro atoms. The molecule has 3 heterocycles. The summed E-state index contributed by atoms with van der Waals surface area (Å²) in [5.74, 6) is -0.593. The predicted molar refractivity (Wildman–Crippen MR) is 104 cm³/mol. The molecule has 1 aliphatic heterocycles. The van der Waals surface area contributed by atoms with Crippen molar-refractivity contribution < 1.29 is 14.3 Å². The number of para-hydroxylation sites is 2. The lowest BCUT2D eigenvalue weighted by atomic mass is 9.95. The van der Waals surface area contributed by atoms with Gasteiger partial charge in [0.15, 0.2) is 0 Å². The number of carbonyl (C=O) groups is 2. The molecule has 0 saturated carbocycles. The Kier molecular flexibility index (Phi) is 4.94. The number of aryl methyl sites for hydroxylation is 1. The largest absolute Gasteiger partial charge is 0.495 e. The summed E-state index contributed by atoms with van der Waals surface area (Å²) in [5, 5.41) is 7.36. The maximum atomic E-state index is 13.1. The third kappa shape index (κ3) is 3.66. The maximum absolute atomic E-state index is 13.1. The number of hydrogen-bond acceptors (Lipinski definition) is 6. The van der Waals surface area contributed by atoms with E-state index < -0.39 is 5.92 Å². The molecular weight excluding hydrogens is 372 g/mol. The van der Waals surface area contributed by atoms with Crippen LogP contribution in [-0.2, 0) is 18.4 Å². The zero-order chi connectivity index (χ0) is 20.4. The molecule has 1 atom stereocenters. The highest BCUT2D eigenvalue weighted by atomic mass is 16.5. The summed E-state index contributed by atoms with van der Waals surface area (Å²) >= 11 is 0. The second-order valence-corrected chi connectivity index (χ2v) is 6.73. The SMILES string of the molecule is COc1ccccc1NC(=O)[C@H]1CN(C(=O)c2cnccn2)Cc2cn(C)nc21. The van der Waals surface area contributed by atoms with E-state index >= 15 is 0 Å². The Bertz CT molecular complexity index is 1050. The second kappa shape index (κ2) is 7.70. The van der Waals surface area contributed by atoms with Gasteiger partial charge in [-0.25, -0.2) is 4.98 Å². The summed E-state index contributed by atoms with van der Waals surface area (Å²) in [7, 11) is 3.34. The highest BCUT2D eigenvalue weighted by Gasteiger charge is 2.36. The normalized spacial score (nSPS) is 15.5. The van der Waals surface area contributed by atoms with Crippen LogP contribution in [0.15, 0.2) is 49.1 Å². The summed E-state index contributed by atoms with van der Waals surface area (Å²) in [6.07, 6.45) is 6.23. The van der Waals surface area contributed by atoms with E-state index in [0.29, 0.717) is 23.7 Å². The first-order valence-corrected chi connectivity index (χ1v) is 9.08. The van der Waals surface area contributed by atoms with Gasteiger partial charge in [-0.1, -0.05) is 12.1 Å². The van der Waals surface area contributed by atoms with Crippen molar-refractivity contribution >= 4 is 17.5 Å². The van der Waals surface area contributed by atoms with Gasteiger partial charge in [-0.2, -0.15) is 5.10 Å². The number of nitrogens with zero attached hydrogens (tertiary/aromatic N) is 5. The van der Waals surface area contributed by atoms with Crippen molar-refractivity contribution in [1.82, 2.24) is 24.6 Å². The lowest BCUT2D eigenvalue weighted by molar-refractivity contribution is -0.118. The van der Waals surface area contributed by atoms with E-state index in [9.17, 15) is 9.59 Å². The number of rotatable bonds is 4. The lowest BCUT2D eigenvalue weighted by Crippen LogP contribution is -2.42. The molecule has 1 aromatic carbocycles. The van der Waals surface area contributed by atoms with Gasteiger partial charge in [-0.15, -0.1) is 0 Å². The fraction of sp³-hybridized carbons (Fsp3) is 0.250. The fourth-order valence-corrected chi connectivity index (χ4v) is 3.45. The van der Waals surface area contributed by atoms with Gasteiger partial charge in [0.25, 0.3) is 5.91 Å². The molecule has 1 aliphatic rings. The quantitative estimate of drug-likeness (QED) is 0.724. The van der Waals surface area contributed by atoms with E-state index in [2.05, 4.69) is 20.4 Å². The summed E-state index contributed by atoms with van der Waals surface area (Å²) in [5.41, 5.74) is 2.30. The molecule has 9 nitrogen and oxygen atoms in total. The molecule has 0 fully saturated rings. The van der Waals surface area contributed by atoms with E-state index in [0.717, 1.165) is 5.56 Å². The first kappa shape index (κ1) is 18.6. The number of methoxy groups -OCH3 is 1. The summed E-state index contributed by atoms with van der Waals surface area (Å²) in [4.78, 5) is 35.7. The molecule has 0 aliphatic carbocycles. The zero-order valence-electron chi connectivity index (χ0n) is 16.1. The Morgan fingerprint density at radius 2 is 2.07 bits per heavy atom. The third-order valence-electron chi connectivity index (χ3n) is 4.78. The average Bonchev–Trinajstić information content (AvgIpc) is 3.13. The number of hydrogen-bond donors (Lipinski definition) is 1. The van der Waals surface area contributed by atoms with Gasteiger partial charge < -0.3 is 15.0 Å². The second-order valence-electron chi connectivity index (χ2n) is 6.73. The highest BCUT2D eigenvalue weighted by molar-refractivity contribution is 5.98. The number of benzene rings is 1. The van der Waals surface area contributed by atoms with Crippen LogP contribution in [0.5, 0.6) is 5.75 Å². The molecule has 0 unspecified atom stereocenters. The van der Waals surface area contributed by atoms with Crippen LogP contribution >= 0.6 is 0 Å². The number of aromatic nitrogens is 4. The van der Waals surface area contributed by atoms with Crippen LogP contribution in [0.4, 0.5) is 5.69 Å². The van der Waals surface area contributed by atoms with Gasteiger partial charge in [-0.05, 0) is 12.1 Å². The van der Waals surface area contributed by atoms with Crippen molar-refractivity contribution in [1.29, 1.82) is 0 Å². The fourth-order valence-electron chi connectivity index (χ4n) is 3.45. The van der Waals surface area contributed by atoms with Crippen molar-refractivity contribution in [2.24, 2.45) is 7.05 Å². The Labute approximate surface area is 167 Å². The molecule has 0 saturated heterocycles. The molecule has 3 aromatic rings. The van der Waals surface area contributed by atoms with E-state index in [4.69, 9.17) is 4.74 Å². The minimum absolute atomic E-state index is 0.195. The molecule has 2 aromatic heterocycles. The third-order valence-corrected chi connectivity index (χ3v) is 4.78. The van der Waals surface area contributed by atoms with E-state index in [1.165, 1.54) is 18.6 Å². The van der Waals surface area contributed by atoms with E-state index in [1.54, 1.807) is 35.9 Å². The minimum Gasteiger partial charge on any atom is -0.495 e. The van der Waals surface area contributed by atoms with Crippen molar-refractivity contribution in [3.63, 3.8) is 0 Å². The molecular formula is C20H20N6O3. The summed E-state index contributed by atoms with van der Waals surface area (Å²) in [6.45, 7) is 0.553. The molecule has 1 N–H and O–H groups in total. The Hall–Kier alpha value is -3.75. The van der Waals surface area contributed by atoms with Crippen LogP contribution in [0.1, 0.15) is 27.7 Å². The number of amides is 2. The Balaban J connectivity index is 1.62. The summed E-state index contributed by atoms with van der Waals surface area (Å²) < 4.78 is 6.97. The first-order valence-electron chi connectivity index (χ1n) is 9.08. The van der Waals surface area contributed by atoms with Crippen LogP contribution in [0.25, 0.3) is 0 Å². The molecule has 29 heavy (non-hydrogen) atoms. The minimum atomic E-state index is -0.620. The molecule has 0 radical (unpaired) electrons. The Morgan fingerprint density at radius 1 is 1.24 bits per heavy atom. The van der Waals surface area contributed by atoms with Crippen molar-refractivity contribution in [3.8, 4) is 5.75 Å². The summed E-state index contributed by atoms with van der Waals surface area (Å²) in [6, 6.07) is 7.18. The van der Waals surface area contributed by atoms with Crippen LogP contribution in [0, 0.1) is 0 Å². The smallest absolute Gasteiger partial charge is 0.274 e. The molecule has 9 heteroatoms. The van der Waals surface area contributed by atoms with Gasteiger partial charge in [0.05, 0.1) is 24.7 Å². The monoisotopic (exact) mass is 392 g/mol. The standard InChI is InChI=1S/C20H20N6O3/c1-25-10-13-11-26(20(28)16-9-21-7-8-22-16)12-14(18(13)24-25)19(27)23-15-5-3-4-6-17(15)29-2/h3-10,14H,11-12H2,1-2H3,(H,23,27)/t14-/m0/s1. The number of anilines is 1. The number of fused-ring (bicyclic) bond motifs is 1. The maximum Gasteiger partial charge on any atom is 0.274 e.